The highest BCUT2D eigenvalue weighted by atomic mass is 35.5. The van der Waals surface area contributed by atoms with Gasteiger partial charge in [0.05, 0.1) is 23.8 Å². The first-order valence-corrected chi connectivity index (χ1v) is 9.01. The highest BCUT2D eigenvalue weighted by Gasteiger charge is 2.16. The van der Waals surface area contributed by atoms with Crippen molar-refractivity contribution in [2.24, 2.45) is 0 Å². The van der Waals surface area contributed by atoms with E-state index in [1.807, 2.05) is 12.1 Å². The van der Waals surface area contributed by atoms with Crippen LogP contribution in [0.5, 0.6) is 0 Å². The summed E-state index contributed by atoms with van der Waals surface area (Å²) in [6.45, 7) is 0.258. The highest BCUT2D eigenvalue weighted by molar-refractivity contribution is 6.39. The average molecular weight is 419 g/mol. The molecular formula is C19H16Cl2N4O3. The van der Waals surface area contributed by atoms with Gasteiger partial charge in [0, 0.05) is 23.7 Å². The Morgan fingerprint density at radius 2 is 2.00 bits per heavy atom. The summed E-state index contributed by atoms with van der Waals surface area (Å²) in [5, 5.41) is 13.9. The lowest BCUT2D eigenvalue weighted by atomic mass is 10.1. The van der Waals surface area contributed by atoms with Crippen molar-refractivity contribution < 1.29 is 14.7 Å². The quantitative estimate of drug-likeness (QED) is 0.633. The van der Waals surface area contributed by atoms with Crippen molar-refractivity contribution in [2.45, 2.75) is 6.54 Å². The summed E-state index contributed by atoms with van der Waals surface area (Å²) < 4.78 is 0. The fourth-order valence-electron chi connectivity index (χ4n) is 2.67. The molecule has 2 heterocycles. The van der Waals surface area contributed by atoms with E-state index < -0.39 is 5.97 Å². The summed E-state index contributed by atoms with van der Waals surface area (Å²) in [5.74, 6) is -1.21. The molecule has 0 atom stereocenters. The predicted octanol–water partition coefficient (Wildman–Crippen LogP) is 3.71. The number of amides is 1. The van der Waals surface area contributed by atoms with Crippen LogP contribution in [-0.4, -0.2) is 45.4 Å². The molecular weight excluding hydrogens is 403 g/mol. The second-order valence-electron chi connectivity index (χ2n) is 6.07. The fraction of sp³-hybridized carbons (Fsp3) is 0.158. The minimum atomic E-state index is -1.19. The van der Waals surface area contributed by atoms with Gasteiger partial charge in [0.1, 0.15) is 5.82 Å². The van der Waals surface area contributed by atoms with Crippen LogP contribution in [0.15, 0.2) is 42.6 Å². The molecule has 0 radical (unpaired) electrons. The van der Waals surface area contributed by atoms with E-state index in [4.69, 9.17) is 23.2 Å². The van der Waals surface area contributed by atoms with E-state index in [9.17, 15) is 14.7 Å². The van der Waals surface area contributed by atoms with Crippen molar-refractivity contribution in [3.05, 3.63) is 64.0 Å². The Kier molecular flexibility index (Phi) is 5.96. The fourth-order valence-corrected chi connectivity index (χ4v) is 3.27. The summed E-state index contributed by atoms with van der Waals surface area (Å²) in [5.41, 5.74) is 0.579. The SMILES string of the molecule is CN(Cc1ccccn1)C(=O)CNc1nc(C(=O)O)cc2cc(Cl)cc(Cl)c12. The number of aromatic nitrogens is 2. The Morgan fingerprint density at radius 1 is 1.21 bits per heavy atom. The normalized spacial score (nSPS) is 10.7. The largest absolute Gasteiger partial charge is 0.477 e. The van der Waals surface area contributed by atoms with Crippen molar-refractivity contribution in [1.82, 2.24) is 14.9 Å². The van der Waals surface area contributed by atoms with E-state index in [1.165, 1.54) is 17.0 Å². The molecule has 1 aromatic carbocycles. The maximum absolute atomic E-state index is 12.5. The number of pyridine rings is 2. The summed E-state index contributed by atoms with van der Waals surface area (Å²) in [6.07, 6.45) is 1.66. The molecule has 0 aliphatic carbocycles. The van der Waals surface area contributed by atoms with Gasteiger partial charge in [0.15, 0.2) is 5.69 Å². The summed E-state index contributed by atoms with van der Waals surface area (Å²) in [6, 6.07) is 9.99. The van der Waals surface area contributed by atoms with Crippen LogP contribution in [0.3, 0.4) is 0 Å². The molecule has 9 heteroatoms. The van der Waals surface area contributed by atoms with Gasteiger partial charge >= 0.3 is 5.97 Å². The number of benzene rings is 1. The first kappa shape index (κ1) is 19.9. The summed E-state index contributed by atoms with van der Waals surface area (Å²) in [4.78, 5) is 33.6. The van der Waals surface area contributed by atoms with Crippen molar-refractivity contribution in [2.75, 3.05) is 18.9 Å². The number of halogens is 2. The first-order valence-electron chi connectivity index (χ1n) is 8.26. The lowest BCUT2D eigenvalue weighted by Gasteiger charge is -2.18. The molecule has 0 unspecified atom stereocenters. The molecule has 3 rings (SSSR count). The van der Waals surface area contributed by atoms with Crippen molar-refractivity contribution in [3.8, 4) is 0 Å². The van der Waals surface area contributed by atoms with E-state index in [-0.39, 0.29) is 24.0 Å². The van der Waals surface area contributed by atoms with Gasteiger partial charge < -0.3 is 15.3 Å². The molecule has 0 saturated heterocycles. The maximum Gasteiger partial charge on any atom is 0.354 e. The Labute approximate surface area is 170 Å². The van der Waals surface area contributed by atoms with Gasteiger partial charge in [0.2, 0.25) is 5.91 Å². The van der Waals surface area contributed by atoms with Gasteiger partial charge in [-0.1, -0.05) is 29.3 Å². The highest BCUT2D eigenvalue weighted by Crippen LogP contribution is 2.33. The van der Waals surface area contributed by atoms with E-state index in [0.29, 0.717) is 27.4 Å². The standard InChI is InChI=1S/C19H16Cl2N4O3/c1-25(10-13-4-2-3-5-22-13)16(26)9-23-18-17-11(6-12(20)8-14(17)21)7-15(24-18)19(27)28/h2-8H,9-10H2,1H3,(H,23,24)(H,27,28). The molecule has 2 N–H and O–H groups in total. The van der Waals surface area contributed by atoms with Crippen LogP contribution in [0.2, 0.25) is 10.0 Å². The number of fused-ring (bicyclic) bond motifs is 1. The Hall–Kier alpha value is -2.90. The third-order valence-electron chi connectivity index (χ3n) is 4.02. The van der Waals surface area contributed by atoms with Crippen LogP contribution in [0.25, 0.3) is 10.8 Å². The number of hydrogen-bond donors (Lipinski definition) is 2. The van der Waals surface area contributed by atoms with Crippen LogP contribution in [0.1, 0.15) is 16.2 Å². The molecule has 0 saturated carbocycles. The lowest BCUT2D eigenvalue weighted by Crippen LogP contribution is -2.32. The van der Waals surface area contributed by atoms with Crippen molar-refractivity contribution in [3.63, 3.8) is 0 Å². The maximum atomic E-state index is 12.5. The van der Waals surface area contributed by atoms with Crippen LogP contribution in [0.4, 0.5) is 5.82 Å². The van der Waals surface area contributed by atoms with Gasteiger partial charge in [-0.2, -0.15) is 0 Å². The summed E-state index contributed by atoms with van der Waals surface area (Å²) in [7, 11) is 1.66. The zero-order chi connectivity index (χ0) is 20.3. The molecule has 0 bridgehead atoms. The van der Waals surface area contributed by atoms with Gasteiger partial charge in [-0.3, -0.25) is 9.78 Å². The van der Waals surface area contributed by atoms with Crippen LogP contribution < -0.4 is 5.32 Å². The number of anilines is 1. The lowest BCUT2D eigenvalue weighted by molar-refractivity contribution is -0.128. The number of nitrogens with one attached hydrogen (secondary N) is 1. The predicted molar refractivity (Wildman–Crippen MR) is 108 cm³/mol. The Morgan fingerprint density at radius 3 is 2.68 bits per heavy atom. The van der Waals surface area contributed by atoms with Crippen LogP contribution >= 0.6 is 23.2 Å². The molecule has 3 aromatic rings. The van der Waals surface area contributed by atoms with Crippen molar-refractivity contribution in [1.29, 1.82) is 0 Å². The van der Waals surface area contributed by atoms with Gasteiger partial charge in [-0.05, 0) is 35.7 Å². The summed E-state index contributed by atoms with van der Waals surface area (Å²) >= 11 is 12.3. The number of rotatable bonds is 6. The molecule has 0 spiro atoms. The van der Waals surface area contributed by atoms with Crippen LogP contribution in [-0.2, 0) is 11.3 Å². The van der Waals surface area contributed by atoms with E-state index in [1.54, 1.807) is 25.4 Å². The zero-order valence-electron chi connectivity index (χ0n) is 14.8. The third-order valence-corrected chi connectivity index (χ3v) is 4.54. The number of likely N-dealkylation sites (N-methyl/N-ethyl adjacent to an activating group) is 1. The number of carboxylic acids is 1. The minimum absolute atomic E-state index is 0.0898. The topological polar surface area (TPSA) is 95.4 Å². The molecule has 0 fully saturated rings. The Bertz CT molecular complexity index is 1040. The van der Waals surface area contributed by atoms with Crippen LogP contribution in [0, 0.1) is 0 Å². The molecule has 0 aliphatic heterocycles. The van der Waals surface area contributed by atoms with Gasteiger partial charge in [-0.15, -0.1) is 0 Å². The van der Waals surface area contributed by atoms with E-state index in [0.717, 1.165) is 5.69 Å². The van der Waals surface area contributed by atoms with Crippen molar-refractivity contribution >= 4 is 51.7 Å². The van der Waals surface area contributed by atoms with Gasteiger partial charge in [-0.25, -0.2) is 9.78 Å². The average Bonchev–Trinajstić information content (AvgIpc) is 2.65. The molecule has 144 valence electrons. The first-order chi connectivity index (χ1) is 13.3. The minimum Gasteiger partial charge on any atom is -0.477 e. The molecule has 28 heavy (non-hydrogen) atoms. The second-order valence-corrected chi connectivity index (χ2v) is 6.92. The van der Waals surface area contributed by atoms with E-state index in [2.05, 4.69) is 15.3 Å². The smallest absolute Gasteiger partial charge is 0.354 e. The monoisotopic (exact) mass is 418 g/mol. The third kappa shape index (κ3) is 4.49. The number of carbonyl (C=O) groups excluding carboxylic acids is 1. The molecule has 1 amide bonds. The Balaban J connectivity index is 1.83. The second kappa shape index (κ2) is 8.41. The number of nitrogens with zero attached hydrogens (tertiary/aromatic N) is 3. The molecule has 2 aromatic heterocycles. The number of hydrogen-bond acceptors (Lipinski definition) is 5. The number of carboxylic acid groups (broad SMARTS) is 1. The van der Waals surface area contributed by atoms with Gasteiger partial charge in [0.25, 0.3) is 0 Å². The number of carbonyl (C=O) groups is 2. The molecule has 0 aliphatic rings. The van der Waals surface area contributed by atoms with E-state index >= 15 is 0 Å². The number of aromatic carboxylic acids is 1. The zero-order valence-corrected chi connectivity index (χ0v) is 16.3. The molecule has 7 nitrogen and oxygen atoms in total.